The Morgan fingerprint density at radius 3 is 2.75 bits per heavy atom. The molecule has 6 heteroatoms. The van der Waals surface area contributed by atoms with Crippen LogP contribution in [0.3, 0.4) is 0 Å². The van der Waals surface area contributed by atoms with Gasteiger partial charge in [-0.15, -0.1) is 0 Å². The lowest BCUT2D eigenvalue weighted by Gasteiger charge is -2.17. The molecule has 112 valence electrons. The number of nitrogens with zero attached hydrogens (tertiary/aromatic N) is 1. The normalized spacial score (nSPS) is 10.8. The lowest BCUT2D eigenvalue weighted by molar-refractivity contribution is -0.132. The minimum atomic E-state index is -2.50. The van der Waals surface area contributed by atoms with Crippen LogP contribution < -0.4 is 5.73 Å². The first-order valence-electron chi connectivity index (χ1n) is 6.40. The molecule has 0 atom stereocenters. The second-order valence-corrected chi connectivity index (χ2v) is 4.49. The number of benzene rings is 1. The molecule has 0 aromatic heterocycles. The van der Waals surface area contributed by atoms with Gasteiger partial charge in [-0.3, -0.25) is 4.79 Å². The zero-order valence-corrected chi connectivity index (χ0v) is 11.5. The fourth-order valence-electron chi connectivity index (χ4n) is 1.74. The number of nitrogens with two attached hydrogens (primary N) is 1. The van der Waals surface area contributed by atoms with E-state index in [2.05, 4.69) is 4.74 Å². The largest absolute Gasteiger partial charge is 0.375 e. The van der Waals surface area contributed by atoms with E-state index in [1.165, 1.54) is 0 Å². The van der Waals surface area contributed by atoms with Crippen molar-refractivity contribution in [2.24, 2.45) is 5.73 Å². The molecule has 0 aliphatic heterocycles. The Kier molecular flexibility index (Phi) is 7.11. The lowest BCUT2D eigenvalue weighted by atomic mass is 10.1. The van der Waals surface area contributed by atoms with Crippen molar-refractivity contribution in [1.82, 2.24) is 4.90 Å². The smallest absolute Gasteiger partial charge is 0.261 e. The summed E-state index contributed by atoms with van der Waals surface area (Å²) in [5.74, 6) is -0.141. The van der Waals surface area contributed by atoms with Gasteiger partial charge in [0, 0.05) is 20.1 Å². The second kappa shape index (κ2) is 8.60. The quantitative estimate of drug-likeness (QED) is 0.741. The molecule has 0 fully saturated rings. The number of carbonyl (C=O) groups is 1. The van der Waals surface area contributed by atoms with E-state index in [-0.39, 0.29) is 18.9 Å². The van der Waals surface area contributed by atoms with Crippen LogP contribution in [0.4, 0.5) is 8.78 Å². The lowest BCUT2D eigenvalue weighted by Crippen LogP contribution is -2.27. The molecule has 1 amide bonds. The van der Waals surface area contributed by atoms with E-state index in [1.807, 2.05) is 24.3 Å². The van der Waals surface area contributed by atoms with E-state index in [0.29, 0.717) is 13.1 Å². The van der Waals surface area contributed by atoms with Gasteiger partial charge >= 0.3 is 0 Å². The van der Waals surface area contributed by atoms with Crippen LogP contribution in [0.25, 0.3) is 0 Å². The Labute approximate surface area is 117 Å². The molecule has 0 aliphatic carbocycles. The van der Waals surface area contributed by atoms with Gasteiger partial charge in [0.2, 0.25) is 5.91 Å². The number of hydrogen-bond acceptors (Lipinski definition) is 3. The van der Waals surface area contributed by atoms with Crippen LogP contribution in [-0.2, 0) is 22.6 Å². The summed E-state index contributed by atoms with van der Waals surface area (Å²) in [5.41, 5.74) is 7.54. The molecule has 20 heavy (non-hydrogen) atoms. The van der Waals surface area contributed by atoms with E-state index in [4.69, 9.17) is 5.73 Å². The Morgan fingerprint density at radius 2 is 2.10 bits per heavy atom. The number of hydrogen-bond donors (Lipinski definition) is 1. The third-order valence-corrected chi connectivity index (χ3v) is 2.78. The minimum Gasteiger partial charge on any atom is -0.375 e. The molecule has 4 nitrogen and oxygen atoms in total. The van der Waals surface area contributed by atoms with E-state index in [1.54, 1.807) is 11.9 Å². The van der Waals surface area contributed by atoms with Crippen molar-refractivity contribution in [2.75, 3.05) is 20.3 Å². The molecule has 0 unspecified atom stereocenters. The predicted octanol–water partition coefficient (Wildman–Crippen LogP) is 1.78. The van der Waals surface area contributed by atoms with Crippen molar-refractivity contribution in [3.05, 3.63) is 35.4 Å². The summed E-state index contributed by atoms with van der Waals surface area (Å²) in [6.45, 7) is 0.292. The first kappa shape index (κ1) is 16.5. The van der Waals surface area contributed by atoms with E-state index in [9.17, 15) is 13.6 Å². The topological polar surface area (TPSA) is 55.6 Å². The molecule has 0 bridgehead atoms. The van der Waals surface area contributed by atoms with E-state index < -0.39 is 13.0 Å². The molecule has 0 heterocycles. The van der Waals surface area contributed by atoms with Crippen LogP contribution in [0.2, 0.25) is 0 Å². The van der Waals surface area contributed by atoms with Gasteiger partial charge in [-0.2, -0.15) is 0 Å². The maximum absolute atomic E-state index is 11.8. The van der Waals surface area contributed by atoms with Crippen molar-refractivity contribution in [1.29, 1.82) is 0 Å². The van der Waals surface area contributed by atoms with Gasteiger partial charge < -0.3 is 15.4 Å². The van der Waals surface area contributed by atoms with Crippen molar-refractivity contribution < 1.29 is 18.3 Å². The Morgan fingerprint density at radius 1 is 1.40 bits per heavy atom. The highest BCUT2D eigenvalue weighted by Crippen LogP contribution is 2.08. The highest BCUT2D eigenvalue weighted by atomic mass is 19.3. The molecular formula is C14H20F2N2O2. The fourth-order valence-corrected chi connectivity index (χ4v) is 1.74. The molecule has 0 saturated carbocycles. The average Bonchev–Trinajstić information content (AvgIpc) is 2.43. The first-order chi connectivity index (χ1) is 9.52. The Hall–Kier alpha value is -1.53. The number of halogens is 2. The van der Waals surface area contributed by atoms with Crippen molar-refractivity contribution in [2.45, 2.75) is 25.9 Å². The summed E-state index contributed by atoms with van der Waals surface area (Å²) in [4.78, 5) is 13.3. The van der Waals surface area contributed by atoms with Crippen LogP contribution >= 0.6 is 0 Å². The standard InChI is InChI=1S/C14H20F2N2O2/c1-18(14(19)5-6-20-10-13(15)16)9-12-4-2-3-11(7-12)8-17/h2-4,7,13H,5-6,8-10,17H2,1H3. The second-order valence-electron chi connectivity index (χ2n) is 4.49. The van der Waals surface area contributed by atoms with Crippen molar-refractivity contribution in [3.8, 4) is 0 Å². The zero-order valence-electron chi connectivity index (χ0n) is 11.5. The molecule has 1 aromatic rings. The van der Waals surface area contributed by atoms with Crippen molar-refractivity contribution >= 4 is 5.91 Å². The van der Waals surface area contributed by atoms with Gasteiger partial charge in [0.05, 0.1) is 13.0 Å². The summed E-state index contributed by atoms with van der Waals surface area (Å²) in [7, 11) is 1.67. The summed E-state index contributed by atoms with van der Waals surface area (Å²) in [5, 5.41) is 0. The minimum absolute atomic E-state index is 0.0103. The van der Waals surface area contributed by atoms with Gasteiger partial charge in [0.15, 0.2) is 0 Å². The summed E-state index contributed by atoms with van der Waals surface area (Å²) < 4.78 is 28.4. The van der Waals surface area contributed by atoms with Crippen LogP contribution in [0.1, 0.15) is 17.5 Å². The van der Waals surface area contributed by atoms with Gasteiger partial charge in [0.1, 0.15) is 6.61 Å². The van der Waals surface area contributed by atoms with Crippen LogP contribution in [-0.4, -0.2) is 37.5 Å². The number of alkyl halides is 2. The SMILES string of the molecule is CN(Cc1cccc(CN)c1)C(=O)CCOCC(F)F. The molecule has 2 N–H and O–H groups in total. The highest BCUT2D eigenvalue weighted by molar-refractivity contribution is 5.75. The predicted molar refractivity (Wildman–Crippen MR) is 72.2 cm³/mol. The molecule has 0 radical (unpaired) electrons. The van der Waals surface area contributed by atoms with Crippen LogP contribution in [0, 0.1) is 0 Å². The monoisotopic (exact) mass is 286 g/mol. The van der Waals surface area contributed by atoms with Crippen molar-refractivity contribution in [3.63, 3.8) is 0 Å². The zero-order chi connectivity index (χ0) is 15.0. The van der Waals surface area contributed by atoms with Gasteiger partial charge in [-0.1, -0.05) is 24.3 Å². The number of amides is 1. The number of ether oxygens (including phenoxy) is 1. The fraction of sp³-hybridized carbons (Fsp3) is 0.500. The summed E-state index contributed by atoms with van der Waals surface area (Å²) in [6, 6.07) is 7.67. The Bertz CT molecular complexity index is 427. The third-order valence-electron chi connectivity index (χ3n) is 2.78. The number of rotatable bonds is 8. The highest BCUT2D eigenvalue weighted by Gasteiger charge is 2.10. The maximum Gasteiger partial charge on any atom is 0.261 e. The van der Waals surface area contributed by atoms with Gasteiger partial charge in [-0.25, -0.2) is 8.78 Å². The maximum atomic E-state index is 11.8. The Balaban J connectivity index is 2.37. The first-order valence-corrected chi connectivity index (χ1v) is 6.40. The van der Waals surface area contributed by atoms with Gasteiger partial charge in [0.25, 0.3) is 6.43 Å². The van der Waals surface area contributed by atoms with Gasteiger partial charge in [-0.05, 0) is 11.1 Å². The van der Waals surface area contributed by atoms with Crippen LogP contribution in [0.5, 0.6) is 0 Å². The molecule has 0 spiro atoms. The summed E-state index contributed by atoms with van der Waals surface area (Å²) in [6.07, 6.45) is -2.40. The molecule has 0 saturated heterocycles. The van der Waals surface area contributed by atoms with E-state index >= 15 is 0 Å². The molecular weight excluding hydrogens is 266 g/mol. The molecule has 1 rings (SSSR count). The van der Waals surface area contributed by atoms with Crippen LogP contribution in [0.15, 0.2) is 24.3 Å². The third kappa shape index (κ3) is 6.08. The average molecular weight is 286 g/mol. The molecule has 1 aromatic carbocycles. The van der Waals surface area contributed by atoms with E-state index in [0.717, 1.165) is 11.1 Å². The summed E-state index contributed by atoms with van der Waals surface area (Å²) >= 11 is 0. The molecule has 0 aliphatic rings. The number of carbonyl (C=O) groups excluding carboxylic acids is 1.